The standard InChI is InChI=1S/C26H39FN4OS/c27-22-5-1-4-20(16-22)19-9-11-23(12-10-19)32-18-21-17-31(26(29)8-3-14-28)15-13-25(21)30-33-24-6-2-7-24/h1,3-5,8,14,16,19,21,23-25,30H,2,6-7,9-13,15,17-18,28-29H2/b14-3-,26-8+. The highest BCUT2D eigenvalue weighted by Crippen LogP contribution is 2.35. The molecule has 0 amide bonds. The maximum Gasteiger partial charge on any atom is 0.123 e. The van der Waals surface area contributed by atoms with E-state index < -0.39 is 0 Å². The maximum absolute atomic E-state index is 13.6. The minimum atomic E-state index is -0.138. The fraction of sp³-hybridized carbons (Fsp3) is 0.615. The van der Waals surface area contributed by atoms with Gasteiger partial charge in [0, 0.05) is 30.3 Å². The van der Waals surface area contributed by atoms with Crippen LogP contribution in [0.5, 0.6) is 0 Å². The molecule has 5 N–H and O–H groups in total. The highest BCUT2D eigenvalue weighted by atomic mass is 32.2. The van der Waals surface area contributed by atoms with Crippen molar-refractivity contribution in [3.05, 3.63) is 59.8 Å². The monoisotopic (exact) mass is 474 g/mol. The van der Waals surface area contributed by atoms with Crippen molar-refractivity contribution < 1.29 is 9.13 Å². The minimum absolute atomic E-state index is 0.138. The second-order valence-electron chi connectivity index (χ2n) is 9.73. The van der Waals surface area contributed by atoms with Gasteiger partial charge >= 0.3 is 0 Å². The van der Waals surface area contributed by atoms with E-state index in [1.165, 1.54) is 31.5 Å². The van der Waals surface area contributed by atoms with Crippen molar-refractivity contribution in [1.29, 1.82) is 0 Å². The summed E-state index contributed by atoms with van der Waals surface area (Å²) in [6.45, 7) is 2.58. The Morgan fingerprint density at radius 2 is 2.00 bits per heavy atom. The van der Waals surface area contributed by atoms with E-state index in [1.807, 2.05) is 24.1 Å². The van der Waals surface area contributed by atoms with Crippen LogP contribution in [-0.2, 0) is 4.74 Å². The van der Waals surface area contributed by atoms with Gasteiger partial charge in [-0.15, -0.1) is 0 Å². The Morgan fingerprint density at radius 1 is 1.18 bits per heavy atom. The molecule has 2 unspecified atom stereocenters. The lowest BCUT2D eigenvalue weighted by atomic mass is 9.82. The lowest BCUT2D eigenvalue weighted by molar-refractivity contribution is -0.0134. The summed E-state index contributed by atoms with van der Waals surface area (Å²) in [5.74, 6) is 1.46. The number of benzene rings is 1. The third-order valence-electron chi connectivity index (χ3n) is 7.46. The number of ether oxygens (including phenoxy) is 1. The first-order valence-electron chi connectivity index (χ1n) is 12.5. The number of allylic oxidation sites excluding steroid dienone is 2. The van der Waals surface area contributed by atoms with Crippen LogP contribution in [0.25, 0.3) is 0 Å². The topological polar surface area (TPSA) is 76.5 Å². The van der Waals surface area contributed by atoms with Gasteiger partial charge in [0.05, 0.1) is 18.5 Å². The molecule has 1 aliphatic heterocycles. The van der Waals surface area contributed by atoms with Crippen molar-refractivity contribution in [2.45, 2.75) is 74.7 Å². The zero-order valence-electron chi connectivity index (χ0n) is 19.5. The zero-order valence-corrected chi connectivity index (χ0v) is 20.3. The molecule has 0 bridgehead atoms. The van der Waals surface area contributed by atoms with Crippen LogP contribution in [0.2, 0.25) is 0 Å². The molecular formula is C26H39FN4OS. The largest absolute Gasteiger partial charge is 0.405 e. The van der Waals surface area contributed by atoms with E-state index in [9.17, 15) is 4.39 Å². The van der Waals surface area contributed by atoms with Crippen LogP contribution in [0.3, 0.4) is 0 Å². The van der Waals surface area contributed by atoms with Gasteiger partial charge in [0.25, 0.3) is 0 Å². The van der Waals surface area contributed by atoms with Crippen LogP contribution >= 0.6 is 11.9 Å². The van der Waals surface area contributed by atoms with Gasteiger partial charge in [0.15, 0.2) is 0 Å². The molecule has 1 aromatic carbocycles. The molecule has 7 heteroatoms. The average Bonchev–Trinajstić information content (AvgIpc) is 2.81. The minimum Gasteiger partial charge on any atom is -0.405 e. The fourth-order valence-corrected chi connectivity index (χ4v) is 6.35. The summed E-state index contributed by atoms with van der Waals surface area (Å²) >= 11 is 1.93. The van der Waals surface area contributed by atoms with Crippen molar-refractivity contribution in [3.8, 4) is 0 Å². The third kappa shape index (κ3) is 6.90. The summed E-state index contributed by atoms with van der Waals surface area (Å²) in [5.41, 5.74) is 12.9. The molecule has 0 spiro atoms. The predicted octanol–water partition coefficient (Wildman–Crippen LogP) is 4.62. The molecule has 33 heavy (non-hydrogen) atoms. The Hall–Kier alpha value is -1.70. The molecule has 182 valence electrons. The first-order valence-corrected chi connectivity index (χ1v) is 13.4. The van der Waals surface area contributed by atoms with Crippen molar-refractivity contribution in [1.82, 2.24) is 9.62 Å². The van der Waals surface area contributed by atoms with E-state index in [1.54, 1.807) is 12.1 Å². The summed E-state index contributed by atoms with van der Waals surface area (Å²) in [5, 5.41) is 0.766. The van der Waals surface area contributed by atoms with Gasteiger partial charge in [-0.25, -0.2) is 4.39 Å². The Morgan fingerprint density at radius 3 is 2.70 bits per heavy atom. The van der Waals surface area contributed by atoms with Crippen LogP contribution in [0, 0.1) is 11.7 Å². The number of likely N-dealkylation sites (tertiary alicyclic amines) is 1. The molecule has 2 saturated carbocycles. The van der Waals surface area contributed by atoms with Crippen molar-refractivity contribution in [2.75, 3.05) is 19.7 Å². The second-order valence-corrected chi connectivity index (χ2v) is 10.9. The highest BCUT2D eigenvalue weighted by molar-refractivity contribution is 7.98. The number of nitrogens with zero attached hydrogens (tertiary/aromatic N) is 1. The Bertz CT molecular complexity index is 807. The Labute approximate surface area is 202 Å². The van der Waals surface area contributed by atoms with Gasteiger partial charge in [-0.05, 0) is 86.9 Å². The van der Waals surface area contributed by atoms with Gasteiger partial charge in [-0.3, -0.25) is 4.72 Å². The second kappa shape index (κ2) is 12.1. The first kappa shape index (κ1) is 24.4. The van der Waals surface area contributed by atoms with Crippen LogP contribution < -0.4 is 16.2 Å². The molecule has 2 atom stereocenters. The highest BCUT2D eigenvalue weighted by Gasteiger charge is 2.32. The fourth-order valence-electron chi connectivity index (χ4n) is 5.11. The van der Waals surface area contributed by atoms with Crippen LogP contribution in [0.15, 0.2) is 48.4 Å². The summed E-state index contributed by atoms with van der Waals surface area (Å²) < 4.78 is 23.8. The first-order chi connectivity index (χ1) is 16.1. The molecule has 1 heterocycles. The van der Waals surface area contributed by atoms with Crippen molar-refractivity contribution in [3.63, 3.8) is 0 Å². The Kier molecular flexibility index (Phi) is 8.98. The van der Waals surface area contributed by atoms with E-state index in [4.69, 9.17) is 16.2 Å². The number of hydrogen-bond donors (Lipinski definition) is 3. The van der Waals surface area contributed by atoms with Crippen LogP contribution in [0.4, 0.5) is 4.39 Å². The quantitative estimate of drug-likeness (QED) is 0.358. The third-order valence-corrected chi connectivity index (χ3v) is 8.70. The molecule has 5 nitrogen and oxygen atoms in total. The van der Waals surface area contributed by atoms with Crippen molar-refractivity contribution >= 4 is 11.9 Å². The number of halogens is 1. The average molecular weight is 475 g/mol. The van der Waals surface area contributed by atoms with Crippen LogP contribution in [-0.4, -0.2) is 42.0 Å². The molecule has 4 rings (SSSR count). The summed E-state index contributed by atoms with van der Waals surface area (Å²) in [6, 6.07) is 7.53. The molecule has 1 saturated heterocycles. The van der Waals surface area contributed by atoms with Crippen molar-refractivity contribution in [2.24, 2.45) is 17.4 Å². The van der Waals surface area contributed by atoms with E-state index in [2.05, 4.69) is 15.7 Å². The number of nitrogens with one attached hydrogen (secondary N) is 1. The number of nitrogens with two attached hydrogens (primary N) is 2. The van der Waals surface area contributed by atoms with Crippen LogP contribution in [0.1, 0.15) is 62.8 Å². The van der Waals surface area contributed by atoms with Gasteiger partial charge < -0.3 is 21.1 Å². The lowest BCUT2D eigenvalue weighted by Gasteiger charge is -2.41. The molecule has 3 fully saturated rings. The summed E-state index contributed by atoms with van der Waals surface area (Å²) in [4.78, 5) is 2.25. The molecule has 1 aromatic rings. The predicted molar refractivity (Wildman–Crippen MR) is 135 cm³/mol. The zero-order chi connectivity index (χ0) is 23.0. The molecule has 2 aliphatic carbocycles. The Balaban J connectivity index is 1.29. The van der Waals surface area contributed by atoms with E-state index >= 15 is 0 Å². The molecule has 0 radical (unpaired) electrons. The van der Waals surface area contributed by atoms with Gasteiger partial charge in [0.1, 0.15) is 5.82 Å². The van der Waals surface area contributed by atoms with Gasteiger partial charge in [0.2, 0.25) is 0 Å². The lowest BCUT2D eigenvalue weighted by Crippen LogP contribution is -2.50. The number of piperidine rings is 1. The maximum atomic E-state index is 13.6. The SMILES string of the molecule is N/C=C\C=C(/N)N1CCC(NSC2CCC2)C(COC2CCC(c3cccc(F)c3)CC2)C1. The smallest absolute Gasteiger partial charge is 0.123 e. The normalized spacial score (nSPS) is 29.4. The molecule has 3 aliphatic rings. The van der Waals surface area contributed by atoms with Gasteiger partial charge in [-0.1, -0.05) is 30.5 Å². The van der Waals surface area contributed by atoms with E-state index in [-0.39, 0.29) is 11.9 Å². The number of rotatable bonds is 9. The molecular weight excluding hydrogens is 435 g/mol. The van der Waals surface area contributed by atoms with E-state index in [0.717, 1.165) is 68.4 Å². The van der Waals surface area contributed by atoms with E-state index in [0.29, 0.717) is 17.9 Å². The number of hydrogen-bond acceptors (Lipinski definition) is 6. The summed E-state index contributed by atoms with van der Waals surface area (Å²) in [7, 11) is 0. The molecule has 0 aromatic heterocycles. The summed E-state index contributed by atoms with van der Waals surface area (Å²) in [6.07, 6.45) is 14.7. The van der Waals surface area contributed by atoms with Gasteiger partial charge in [-0.2, -0.15) is 0 Å².